The molecule has 4 nitrogen and oxygen atoms in total. The number of hydrogen-bond acceptors (Lipinski definition) is 4. The molecule has 2 rings (SSSR count). The highest BCUT2D eigenvalue weighted by molar-refractivity contribution is 7.99. The molecule has 1 aromatic carbocycles. The molecule has 0 saturated heterocycles. The van der Waals surface area contributed by atoms with Crippen molar-refractivity contribution in [3.63, 3.8) is 0 Å². The predicted molar refractivity (Wildman–Crippen MR) is 87.6 cm³/mol. The summed E-state index contributed by atoms with van der Waals surface area (Å²) in [5.74, 6) is 1.53. The van der Waals surface area contributed by atoms with Gasteiger partial charge in [0.2, 0.25) is 0 Å². The maximum Gasteiger partial charge on any atom is 0.191 e. The van der Waals surface area contributed by atoms with Crippen molar-refractivity contribution in [3.8, 4) is 11.4 Å². The monoisotopic (exact) mass is 305 g/mol. The van der Waals surface area contributed by atoms with Crippen molar-refractivity contribution in [2.75, 3.05) is 12.4 Å². The molecule has 0 saturated carbocycles. The molecular weight excluding hydrogens is 282 g/mol. The van der Waals surface area contributed by atoms with E-state index in [1.165, 1.54) is 17.3 Å². The highest BCUT2D eigenvalue weighted by Gasteiger charge is 2.16. The van der Waals surface area contributed by atoms with Crippen LogP contribution >= 0.6 is 11.8 Å². The Morgan fingerprint density at radius 2 is 1.81 bits per heavy atom. The molecule has 0 aliphatic carbocycles. The van der Waals surface area contributed by atoms with Crippen LogP contribution in [0.15, 0.2) is 29.4 Å². The normalized spacial score (nSPS) is 11.9. The van der Waals surface area contributed by atoms with Gasteiger partial charge in [0, 0.05) is 17.9 Å². The summed E-state index contributed by atoms with van der Waals surface area (Å²) in [6.07, 6.45) is 0. The summed E-state index contributed by atoms with van der Waals surface area (Å²) in [6, 6.07) is 8.53. The quantitative estimate of drug-likeness (QED) is 0.861. The van der Waals surface area contributed by atoms with Crippen molar-refractivity contribution in [1.82, 2.24) is 14.8 Å². The molecule has 0 amide bonds. The van der Waals surface area contributed by atoms with E-state index in [1.54, 1.807) is 0 Å². The standard InChI is InChI=1S/C16H23N3OS/c1-5-19-14(17-18-15(19)21-11-10-20)12-6-8-13(9-7-12)16(2,3)4/h6-9,20H,5,10-11H2,1-4H3. The van der Waals surface area contributed by atoms with Crippen LogP contribution < -0.4 is 0 Å². The number of rotatable bonds is 5. The molecule has 0 aliphatic rings. The first-order valence-electron chi connectivity index (χ1n) is 7.25. The van der Waals surface area contributed by atoms with Gasteiger partial charge in [0.05, 0.1) is 6.61 Å². The second-order valence-electron chi connectivity index (χ2n) is 5.95. The fourth-order valence-corrected chi connectivity index (χ4v) is 2.89. The van der Waals surface area contributed by atoms with Gasteiger partial charge in [0.1, 0.15) is 0 Å². The molecule has 1 heterocycles. The Morgan fingerprint density at radius 3 is 2.33 bits per heavy atom. The van der Waals surface area contributed by atoms with Crippen molar-refractivity contribution < 1.29 is 5.11 Å². The molecule has 0 fully saturated rings. The number of benzene rings is 1. The number of aliphatic hydroxyl groups excluding tert-OH is 1. The largest absolute Gasteiger partial charge is 0.396 e. The third-order valence-electron chi connectivity index (χ3n) is 3.36. The van der Waals surface area contributed by atoms with Crippen LogP contribution in [-0.4, -0.2) is 32.2 Å². The third kappa shape index (κ3) is 3.66. The Balaban J connectivity index is 2.31. The van der Waals surface area contributed by atoms with Crippen LogP contribution in [0.3, 0.4) is 0 Å². The van der Waals surface area contributed by atoms with Gasteiger partial charge >= 0.3 is 0 Å². The van der Waals surface area contributed by atoms with Crippen molar-refractivity contribution in [2.24, 2.45) is 0 Å². The summed E-state index contributed by atoms with van der Waals surface area (Å²) in [6.45, 7) is 9.67. The number of thioether (sulfide) groups is 1. The van der Waals surface area contributed by atoms with Gasteiger partial charge in [-0.25, -0.2) is 0 Å². The van der Waals surface area contributed by atoms with Gasteiger partial charge < -0.3 is 9.67 Å². The van der Waals surface area contributed by atoms with Crippen molar-refractivity contribution >= 4 is 11.8 Å². The number of aliphatic hydroxyl groups is 1. The second-order valence-corrected chi connectivity index (χ2v) is 7.01. The second kappa shape index (κ2) is 6.62. The van der Waals surface area contributed by atoms with Crippen LogP contribution in [-0.2, 0) is 12.0 Å². The molecule has 0 radical (unpaired) electrons. The Bertz CT molecular complexity index is 585. The first-order chi connectivity index (χ1) is 9.97. The summed E-state index contributed by atoms with van der Waals surface area (Å²) in [4.78, 5) is 0. The van der Waals surface area contributed by atoms with Crippen LogP contribution in [0, 0.1) is 0 Å². The average molecular weight is 305 g/mol. The van der Waals surface area contributed by atoms with E-state index in [0.29, 0.717) is 5.75 Å². The van der Waals surface area contributed by atoms with Gasteiger partial charge in [-0.15, -0.1) is 10.2 Å². The molecule has 0 unspecified atom stereocenters. The molecule has 1 N–H and O–H groups in total. The summed E-state index contributed by atoms with van der Waals surface area (Å²) in [5, 5.41) is 18.4. The molecule has 0 aliphatic heterocycles. The van der Waals surface area contributed by atoms with Gasteiger partial charge in [0.15, 0.2) is 11.0 Å². The van der Waals surface area contributed by atoms with Gasteiger partial charge in [-0.1, -0.05) is 56.8 Å². The smallest absolute Gasteiger partial charge is 0.191 e. The fraction of sp³-hybridized carbons (Fsp3) is 0.500. The molecule has 0 bridgehead atoms. The minimum Gasteiger partial charge on any atom is -0.396 e. The lowest BCUT2D eigenvalue weighted by atomic mass is 9.87. The maximum atomic E-state index is 8.94. The maximum absolute atomic E-state index is 8.94. The predicted octanol–water partition coefficient (Wildman–Crippen LogP) is 3.35. The van der Waals surface area contributed by atoms with E-state index in [2.05, 4.69) is 66.7 Å². The SMILES string of the molecule is CCn1c(SCCO)nnc1-c1ccc(C(C)(C)C)cc1. The Kier molecular flexibility index (Phi) is 5.06. The molecule has 2 aromatic rings. The lowest BCUT2D eigenvalue weighted by molar-refractivity contribution is 0.322. The summed E-state index contributed by atoms with van der Waals surface area (Å²) in [7, 11) is 0. The molecule has 1 aromatic heterocycles. The third-order valence-corrected chi connectivity index (χ3v) is 4.31. The van der Waals surface area contributed by atoms with Gasteiger partial charge in [-0.2, -0.15) is 0 Å². The first kappa shape index (κ1) is 16.0. The van der Waals surface area contributed by atoms with Crippen LogP contribution in [0.4, 0.5) is 0 Å². The molecule has 0 spiro atoms. The molecule has 21 heavy (non-hydrogen) atoms. The van der Waals surface area contributed by atoms with Gasteiger partial charge in [-0.05, 0) is 17.9 Å². The van der Waals surface area contributed by atoms with E-state index in [9.17, 15) is 0 Å². The van der Waals surface area contributed by atoms with Crippen LogP contribution in [0.5, 0.6) is 0 Å². The Labute approximate surface area is 130 Å². The highest BCUT2D eigenvalue weighted by Crippen LogP contribution is 2.27. The zero-order valence-electron chi connectivity index (χ0n) is 13.1. The summed E-state index contributed by atoms with van der Waals surface area (Å²) >= 11 is 1.53. The Hall–Kier alpha value is -1.33. The van der Waals surface area contributed by atoms with Crippen LogP contribution in [0.1, 0.15) is 33.3 Å². The molecule has 5 heteroatoms. The summed E-state index contributed by atoms with van der Waals surface area (Å²) in [5.41, 5.74) is 2.54. The van der Waals surface area contributed by atoms with Crippen LogP contribution in [0.2, 0.25) is 0 Å². The minimum atomic E-state index is 0.150. The van der Waals surface area contributed by atoms with Crippen molar-refractivity contribution in [3.05, 3.63) is 29.8 Å². The molecule has 114 valence electrons. The van der Waals surface area contributed by atoms with E-state index in [4.69, 9.17) is 5.11 Å². The number of nitrogens with zero attached hydrogens (tertiary/aromatic N) is 3. The summed E-state index contributed by atoms with van der Waals surface area (Å²) < 4.78 is 2.09. The van der Waals surface area contributed by atoms with E-state index in [0.717, 1.165) is 23.1 Å². The Morgan fingerprint density at radius 1 is 1.14 bits per heavy atom. The topological polar surface area (TPSA) is 50.9 Å². The first-order valence-corrected chi connectivity index (χ1v) is 8.23. The lowest BCUT2D eigenvalue weighted by Crippen LogP contribution is -2.10. The van der Waals surface area contributed by atoms with Gasteiger partial charge in [-0.3, -0.25) is 0 Å². The highest BCUT2D eigenvalue weighted by atomic mass is 32.2. The zero-order chi connectivity index (χ0) is 15.5. The van der Waals surface area contributed by atoms with Crippen molar-refractivity contribution in [1.29, 1.82) is 0 Å². The molecular formula is C16H23N3OS. The average Bonchev–Trinajstić information content (AvgIpc) is 2.87. The van der Waals surface area contributed by atoms with Crippen LogP contribution in [0.25, 0.3) is 11.4 Å². The van der Waals surface area contributed by atoms with E-state index in [1.807, 2.05) is 0 Å². The fourth-order valence-electron chi connectivity index (χ4n) is 2.15. The van der Waals surface area contributed by atoms with E-state index >= 15 is 0 Å². The lowest BCUT2D eigenvalue weighted by Gasteiger charge is -2.19. The van der Waals surface area contributed by atoms with Gasteiger partial charge in [0.25, 0.3) is 0 Å². The molecule has 0 atom stereocenters. The van der Waals surface area contributed by atoms with Crippen molar-refractivity contribution in [2.45, 2.75) is 44.8 Å². The number of aromatic nitrogens is 3. The van der Waals surface area contributed by atoms with E-state index < -0.39 is 0 Å². The van der Waals surface area contributed by atoms with E-state index in [-0.39, 0.29) is 12.0 Å². The zero-order valence-corrected chi connectivity index (χ0v) is 13.9. The number of hydrogen-bond donors (Lipinski definition) is 1. The minimum absolute atomic E-state index is 0.150.